The van der Waals surface area contributed by atoms with Crippen LogP contribution in [-0.4, -0.2) is 19.1 Å². The molecule has 110 valence electrons. The van der Waals surface area contributed by atoms with E-state index in [2.05, 4.69) is 71.7 Å². The van der Waals surface area contributed by atoms with Crippen LogP contribution in [0.5, 0.6) is 0 Å². The van der Waals surface area contributed by atoms with Crippen molar-refractivity contribution in [3.8, 4) is 0 Å². The fourth-order valence-electron chi connectivity index (χ4n) is 3.07. The molecule has 2 nitrogen and oxygen atoms in total. The molecule has 1 aliphatic rings. The molecule has 1 unspecified atom stereocenters. The Morgan fingerprint density at radius 1 is 1.05 bits per heavy atom. The SMILES string of the molecule is CCCCN(CC1Cc2ccccc2N1)c1ccccc1. The predicted octanol–water partition coefficient (Wildman–Crippen LogP) is 4.33. The van der Waals surface area contributed by atoms with Gasteiger partial charge in [0.25, 0.3) is 0 Å². The van der Waals surface area contributed by atoms with Crippen molar-refractivity contribution >= 4 is 11.4 Å². The summed E-state index contributed by atoms with van der Waals surface area (Å²) >= 11 is 0. The van der Waals surface area contributed by atoms with Gasteiger partial charge in [-0.25, -0.2) is 0 Å². The summed E-state index contributed by atoms with van der Waals surface area (Å²) in [7, 11) is 0. The largest absolute Gasteiger partial charge is 0.380 e. The molecule has 21 heavy (non-hydrogen) atoms. The molecule has 1 N–H and O–H groups in total. The molecule has 2 aromatic carbocycles. The Hall–Kier alpha value is -1.96. The van der Waals surface area contributed by atoms with Crippen molar-refractivity contribution in [2.24, 2.45) is 0 Å². The maximum Gasteiger partial charge on any atom is 0.0477 e. The monoisotopic (exact) mass is 280 g/mol. The molecule has 1 atom stereocenters. The summed E-state index contributed by atoms with van der Waals surface area (Å²) in [5.41, 5.74) is 4.10. The smallest absolute Gasteiger partial charge is 0.0477 e. The molecule has 0 spiro atoms. The number of rotatable bonds is 6. The number of hydrogen-bond acceptors (Lipinski definition) is 2. The van der Waals surface area contributed by atoms with Crippen LogP contribution >= 0.6 is 0 Å². The van der Waals surface area contributed by atoms with Gasteiger partial charge < -0.3 is 10.2 Å². The van der Waals surface area contributed by atoms with E-state index in [1.165, 1.54) is 29.8 Å². The zero-order chi connectivity index (χ0) is 14.5. The molecule has 2 aromatic rings. The first-order valence-electron chi connectivity index (χ1n) is 8.01. The van der Waals surface area contributed by atoms with Crippen LogP contribution in [0.25, 0.3) is 0 Å². The number of anilines is 2. The lowest BCUT2D eigenvalue weighted by Gasteiger charge is -2.28. The maximum atomic E-state index is 3.67. The lowest BCUT2D eigenvalue weighted by molar-refractivity contribution is 0.655. The van der Waals surface area contributed by atoms with Crippen LogP contribution in [0.4, 0.5) is 11.4 Å². The number of benzene rings is 2. The number of fused-ring (bicyclic) bond motifs is 1. The Kier molecular flexibility index (Phi) is 4.44. The number of unbranched alkanes of at least 4 members (excludes halogenated alkanes) is 1. The second kappa shape index (κ2) is 6.66. The molecular weight excluding hydrogens is 256 g/mol. The third-order valence-corrected chi connectivity index (χ3v) is 4.19. The molecule has 0 saturated heterocycles. The second-order valence-corrected chi connectivity index (χ2v) is 5.84. The third kappa shape index (κ3) is 3.38. The van der Waals surface area contributed by atoms with Crippen LogP contribution < -0.4 is 10.2 Å². The van der Waals surface area contributed by atoms with Crippen molar-refractivity contribution in [3.63, 3.8) is 0 Å². The number of hydrogen-bond donors (Lipinski definition) is 1. The van der Waals surface area contributed by atoms with Gasteiger partial charge in [0.15, 0.2) is 0 Å². The Labute approximate surface area is 127 Å². The van der Waals surface area contributed by atoms with Gasteiger partial charge in [0, 0.05) is 30.5 Å². The first kappa shape index (κ1) is 14.0. The van der Waals surface area contributed by atoms with Gasteiger partial charge in [0.1, 0.15) is 0 Å². The minimum Gasteiger partial charge on any atom is -0.380 e. The zero-order valence-corrected chi connectivity index (χ0v) is 12.8. The summed E-state index contributed by atoms with van der Waals surface area (Å²) in [6.45, 7) is 4.46. The van der Waals surface area contributed by atoms with Gasteiger partial charge in [-0.2, -0.15) is 0 Å². The number of para-hydroxylation sites is 2. The van der Waals surface area contributed by atoms with Crippen molar-refractivity contribution in [2.45, 2.75) is 32.2 Å². The van der Waals surface area contributed by atoms with Crippen LogP contribution in [0, 0.1) is 0 Å². The maximum absolute atomic E-state index is 3.67. The molecule has 0 bridgehead atoms. The normalized spacial score (nSPS) is 16.3. The lowest BCUT2D eigenvalue weighted by Crippen LogP contribution is -2.36. The molecule has 0 aliphatic carbocycles. The molecule has 0 fully saturated rings. The van der Waals surface area contributed by atoms with E-state index in [-0.39, 0.29) is 0 Å². The fraction of sp³-hybridized carbons (Fsp3) is 0.368. The topological polar surface area (TPSA) is 15.3 Å². The standard InChI is InChI=1S/C19H24N2/c1-2-3-13-21(18-10-5-4-6-11-18)15-17-14-16-9-7-8-12-19(16)20-17/h4-12,17,20H,2-3,13-15H2,1H3. The van der Waals surface area contributed by atoms with Crippen LogP contribution in [-0.2, 0) is 6.42 Å². The molecule has 3 rings (SSSR count). The highest BCUT2D eigenvalue weighted by atomic mass is 15.2. The summed E-state index contributed by atoms with van der Waals surface area (Å²) in [6.07, 6.45) is 3.61. The van der Waals surface area contributed by atoms with Gasteiger partial charge in [-0.1, -0.05) is 49.7 Å². The van der Waals surface area contributed by atoms with Gasteiger partial charge in [0.05, 0.1) is 0 Å². The van der Waals surface area contributed by atoms with Gasteiger partial charge in [-0.15, -0.1) is 0 Å². The first-order valence-corrected chi connectivity index (χ1v) is 8.01. The minimum absolute atomic E-state index is 0.513. The lowest BCUT2D eigenvalue weighted by atomic mass is 10.1. The Morgan fingerprint density at radius 2 is 1.81 bits per heavy atom. The highest BCUT2D eigenvalue weighted by Crippen LogP contribution is 2.26. The summed E-state index contributed by atoms with van der Waals surface area (Å²) in [5, 5.41) is 3.67. The average molecular weight is 280 g/mol. The van der Waals surface area contributed by atoms with E-state index in [0.29, 0.717) is 6.04 Å². The van der Waals surface area contributed by atoms with E-state index in [9.17, 15) is 0 Å². The van der Waals surface area contributed by atoms with Gasteiger partial charge in [0.2, 0.25) is 0 Å². The van der Waals surface area contributed by atoms with Crippen molar-refractivity contribution < 1.29 is 0 Å². The van der Waals surface area contributed by atoms with Crippen LogP contribution in [0.1, 0.15) is 25.3 Å². The van der Waals surface area contributed by atoms with Crippen LogP contribution in [0.15, 0.2) is 54.6 Å². The molecule has 0 aromatic heterocycles. The molecular formula is C19H24N2. The first-order chi connectivity index (χ1) is 10.4. The molecule has 1 aliphatic heterocycles. The highest BCUT2D eigenvalue weighted by molar-refractivity contribution is 5.57. The molecule has 2 heteroatoms. The zero-order valence-electron chi connectivity index (χ0n) is 12.8. The quantitative estimate of drug-likeness (QED) is 0.847. The Morgan fingerprint density at radius 3 is 2.57 bits per heavy atom. The van der Waals surface area contributed by atoms with Crippen LogP contribution in [0.3, 0.4) is 0 Å². The van der Waals surface area contributed by atoms with Crippen molar-refractivity contribution in [2.75, 3.05) is 23.3 Å². The average Bonchev–Trinajstić information content (AvgIpc) is 2.94. The highest BCUT2D eigenvalue weighted by Gasteiger charge is 2.22. The van der Waals surface area contributed by atoms with E-state index in [1.807, 2.05) is 0 Å². The van der Waals surface area contributed by atoms with Crippen molar-refractivity contribution in [1.29, 1.82) is 0 Å². The van der Waals surface area contributed by atoms with Gasteiger partial charge in [-0.3, -0.25) is 0 Å². The summed E-state index contributed by atoms with van der Waals surface area (Å²) < 4.78 is 0. The van der Waals surface area contributed by atoms with Gasteiger partial charge >= 0.3 is 0 Å². The van der Waals surface area contributed by atoms with E-state index < -0.39 is 0 Å². The summed E-state index contributed by atoms with van der Waals surface area (Å²) in [5.74, 6) is 0. The summed E-state index contributed by atoms with van der Waals surface area (Å²) in [4.78, 5) is 2.52. The number of nitrogens with one attached hydrogen (secondary N) is 1. The minimum atomic E-state index is 0.513. The molecule has 0 amide bonds. The van der Waals surface area contributed by atoms with E-state index in [4.69, 9.17) is 0 Å². The van der Waals surface area contributed by atoms with Crippen molar-refractivity contribution in [1.82, 2.24) is 0 Å². The van der Waals surface area contributed by atoms with Gasteiger partial charge in [-0.05, 0) is 36.6 Å². The number of nitrogens with zero attached hydrogens (tertiary/aromatic N) is 1. The Balaban J connectivity index is 1.68. The Bertz CT molecular complexity index is 540. The van der Waals surface area contributed by atoms with E-state index >= 15 is 0 Å². The van der Waals surface area contributed by atoms with E-state index in [1.54, 1.807) is 0 Å². The molecule has 0 radical (unpaired) electrons. The van der Waals surface area contributed by atoms with Crippen LogP contribution in [0.2, 0.25) is 0 Å². The predicted molar refractivity (Wildman–Crippen MR) is 91.1 cm³/mol. The van der Waals surface area contributed by atoms with E-state index in [0.717, 1.165) is 19.5 Å². The summed E-state index contributed by atoms with van der Waals surface area (Å²) in [6, 6.07) is 20.0. The molecule has 0 saturated carbocycles. The fourth-order valence-corrected chi connectivity index (χ4v) is 3.07. The third-order valence-electron chi connectivity index (χ3n) is 4.19. The second-order valence-electron chi connectivity index (χ2n) is 5.84. The van der Waals surface area contributed by atoms with Crippen molar-refractivity contribution in [3.05, 3.63) is 60.2 Å². The molecule has 1 heterocycles.